The molecule has 2 aromatic rings. The number of pyridine rings is 1. The number of hydrogen-bond acceptors (Lipinski definition) is 3. The molecule has 0 fully saturated rings. The predicted octanol–water partition coefficient (Wildman–Crippen LogP) is 4.12. The fourth-order valence-electron chi connectivity index (χ4n) is 3.26. The van der Waals surface area contributed by atoms with Crippen LogP contribution in [0.25, 0.3) is 11.1 Å². The van der Waals surface area contributed by atoms with Crippen molar-refractivity contribution in [2.75, 3.05) is 19.6 Å². The molecule has 0 unspecified atom stereocenters. The molecule has 0 N–H and O–H groups in total. The van der Waals surface area contributed by atoms with Crippen LogP contribution in [0.3, 0.4) is 0 Å². The molecule has 1 aromatic heterocycles. The van der Waals surface area contributed by atoms with Crippen molar-refractivity contribution in [1.29, 1.82) is 0 Å². The highest BCUT2D eigenvalue weighted by molar-refractivity contribution is 7.90. The Morgan fingerprint density at radius 3 is 1.84 bits per heavy atom. The third-order valence-corrected chi connectivity index (χ3v) is 5.82. The van der Waals surface area contributed by atoms with Crippen LogP contribution >= 0.6 is 0 Å². The zero-order chi connectivity index (χ0) is 18.1. The minimum atomic E-state index is -3.29. The quantitative estimate of drug-likeness (QED) is 0.803. The van der Waals surface area contributed by atoms with E-state index in [1.54, 1.807) is 24.5 Å². The van der Waals surface area contributed by atoms with Crippen molar-refractivity contribution < 1.29 is 17.2 Å². The molecule has 6 heteroatoms. The van der Waals surface area contributed by atoms with E-state index in [1.165, 1.54) is 12.1 Å². The summed E-state index contributed by atoms with van der Waals surface area (Å²) >= 11 is 0. The molecule has 0 amide bonds. The zero-order valence-electron chi connectivity index (χ0n) is 13.9. The Kier molecular flexibility index (Phi) is 4.73. The van der Waals surface area contributed by atoms with Crippen LogP contribution in [0.4, 0.5) is 8.78 Å². The van der Waals surface area contributed by atoms with E-state index in [9.17, 15) is 17.2 Å². The maximum absolute atomic E-state index is 13.6. The second-order valence-corrected chi connectivity index (χ2v) is 8.63. The first-order valence-electron chi connectivity index (χ1n) is 7.93. The lowest BCUT2D eigenvalue weighted by Crippen LogP contribution is -2.22. The van der Waals surface area contributed by atoms with Crippen molar-refractivity contribution >= 4 is 21.0 Å². The predicted molar refractivity (Wildman–Crippen MR) is 94.2 cm³/mol. The highest BCUT2D eigenvalue weighted by atomic mass is 32.2. The van der Waals surface area contributed by atoms with Crippen LogP contribution in [0.1, 0.15) is 24.0 Å². The van der Waals surface area contributed by atoms with Gasteiger partial charge in [0.25, 0.3) is 0 Å². The molecule has 0 atom stereocenters. The van der Waals surface area contributed by atoms with E-state index < -0.39 is 28.6 Å². The van der Waals surface area contributed by atoms with Crippen molar-refractivity contribution in [3.63, 3.8) is 0 Å². The molecule has 132 valence electrons. The molecule has 25 heavy (non-hydrogen) atoms. The van der Waals surface area contributed by atoms with Crippen LogP contribution in [-0.2, 0) is 9.84 Å². The lowest BCUT2D eigenvalue weighted by Gasteiger charge is -2.22. The molecule has 1 aliphatic carbocycles. The molecule has 1 heterocycles. The molecule has 0 aliphatic heterocycles. The molecule has 0 bridgehead atoms. The van der Waals surface area contributed by atoms with E-state index >= 15 is 0 Å². The summed E-state index contributed by atoms with van der Waals surface area (Å²) in [6.45, 7) is -1.47. The fourth-order valence-corrected chi connectivity index (χ4v) is 3.89. The van der Waals surface area contributed by atoms with Gasteiger partial charge in [0, 0.05) is 24.1 Å². The van der Waals surface area contributed by atoms with Crippen LogP contribution in [0.15, 0.2) is 53.7 Å². The van der Waals surface area contributed by atoms with Gasteiger partial charge in [-0.15, -0.1) is 0 Å². The second-order valence-electron chi connectivity index (χ2n) is 6.61. The van der Waals surface area contributed by atoms with E-state index in [0.29, 0.717) is 6.42 Å². The molecule has 0 saturated carbocycles. The summed E-state index contributed by atoms with van der Waals surface area (Å²) in [6.07, 6.45) is 5.05. The van der Waals surface area contributed by atoms with Gasteiger partial charge in [-0.2, -0.15) is 0 Å². The molecule has 0 saturated heterocycles. The van der Waals surface area contributed by atoms with Crippen molar-refractivity contribution in [3.8, 4) is 0 Å². The first-order valence-corrected chi connectivity index (χ1v) is 9.82. The van der Waals surface area contributed by atoms with Gasteiger partial charge in [-0.1, -0.05) is 12.1 Å². The summed E-state index contributed by atoms with van der Waals surface area (Å²) in [5.74, 6) is 0. The average Bonchev–Trinajstić information content (AvgIpc) is 3.03. The van der Waals surface area contributed by atoms with Crippen LogP contribution in [0.2, 0.25) is 0 Å². The van der Waals surface area contributed by atoms with E-state index in [2.05, 4.69) is 4.98 Å². The van der Waals surface area contributed by atoms with Crippen molar-refractivity contribution in [2.24, 2.45) is 5.41 Å². The molecule has 1 aromatic carbocycles. The lowest BCUT2D eigenvalue weighted by molar-refractivity contribution is 0.170. The number of sulfone groups is 1. The van der Waals surface area contributed by atoms with E-state index in [1.807, 2.05) is 12.1 Å². The smallest absolute Gasteiger partial charge is 0.175 e. The first-order chi connectivity index (χ1) is 11.9. The van der Waals surface area contributed by atoms with Crippen molar-refractivity contribution in [2.45, 2.75) is 17.7 Å². The number of aromatic nitrogens is 1. The Labute approximate surface area is 146 Å². The maximum atomic E-state index is 13.6. The van der Waals surface area contributed by atoms with E-state index in [4.69, 9.17) is 0 Å². The Bertz CT molecular complexity index is 887. The van der Waals surface area contributed by atoms with Gasteiger partial charge in [0.15, 0.2) is 9.84 Å². The van der Waals surface area contributed by atoms with Gasteiger partial charge in [0.2, 0.25) is 0 Å². The Hall–Kier alpha value is -2.08. The van der Waals surface area contributed by atoms with Crippen LogP contribution in [-0.4, -0.2) is 33.0 Å². The highest BCUT2D eigenvalue weighted by Crippen LogP contribution is 2.50. The maximum Gasteiger partial charge on any atom is 0.175 e. The Balaban J connectivity index is 2.08. The third-order valence-electron chi connectivity index (χ3n) is 4.69. The van der Waals surface area contributed by atoms with Gasteiger partial charge in [-0.05, 0) is 59.4 Å². The molecule has 0 radical (unpaired) electrons. The molecular formula is C19H19F2NO2S. The van der Waals surface area contributed by atoms with Gasteiger partial charge in [-0.3, -0.25) is 13.8 Å². The van der Waals surface area contributed by atoms with Crippen LogP contribution in [0.5, 0.6) is 0 Å². The van der Waals surface area contributed by atoms with Gasteiger partial charge in [-0.25, -0.2) is 8.42 Å². The van der Waals surface area contributed by atoms with E-state index in [-0.39, 0.29) is 11.3 Å². The number of nitrogens with zero attached hydrogens (tertiary/aromatic N) is 1. The second kappa shape index (κ2) is 6.67. The highest BCUT2D eigenvalue weighted by Gasteiger charge is 2.40. The van der Waals surface area contributed by atoms with Crippen molar-refractivity contribution in [1.82, 2.24) is 4.98 Å². The summed E-state index contributed by atoms with van der Waals surface area (Å²) in [7, 11) is -3.29. The van der Waals surface area contributed by atoms with Gasteiger partial charge in [0.1, 0.15) is 0 Å². The number of benzene rings is 1. The summed E-state index contributed by atoms with van der Waals surface area (Å²) in [5, 5.41) is 0. The molecular weight excluding hydrogens is 344 g/mol. The third kappa shape index (κ3) is 3.49. The molecule has 3 rings (SSSR count). The number of alkyl halides is 2. The fraction of sp³-hybridized carbons (Fsp3) is 0.316. The monoisotopic (exact) mass is 363 g/mol. The number of allylic oxidation sites excluding steroid dienone is 2. The van der Waals surface area contributed by atoms with Crippen LogP contribution in [0, 0.1) is 5.41 Å². The first kappa shape index (κ1) is 17.7. The Morgan fingerprint density at radius 1 is 0.920 bits per heavy atom. The number of hydrogen-bond donors (Lipinski definition) is 0. The topological polar surface area (TPSA) is 47.0 Å². The SMILES string of the molecule is CS(=O)(=O)c1ccc(C2=C(c3ccncc3)CC(CF)(CF)C2)cc1. The minimum Gasteiger partial charge on any atom is -0.265 e. The number of halogens is 2. The molecule has 0 spiro atoms. The summed E-state index contributed by atoms with van der Waals surface area (Å²) in [5.41, 5.74) is 2.40. The summed E-state index contributed by atoms with van der Waals surface area (Å²) in [4.78, 5) is 4.22. The standard InChI is InChI=1S/C19H19F2NO2S/c1-25(23,24)16-4-2-14(3-5-16)17-10-19(12-20,13-21)11-18(17)15-6-8-22-9-7-15/h2-9H,10-13H2,1H3. The van der Waals surface area contributed by atoms with Gasteiger partial charge in [0.05, 0.1) is 18.2 Å². The minimum absolute atomic E-state index is 0.225. The summed E-state index contributed by atoms with van der Waals surface area (Å²) in [6, 6.07) is 10.1. The van der Waals surface area contributed by atoms with Gasteiger partial charge < -0.3 is 0 Å². The lowest BCUT2D eigenvalue weighted by atomic mass is 9.85. The normalized spacial score (nSPS) is 17.1. The Morgan fingerprint density at radius 2 is 1.40 bits per heavy atom. The molecule has 3 nitrogen and oxygen atoms in total. The molecule has 1 aliphatic rings. The van der Waals surface area contributed by atoms with Gasteiger partial charge >= 0.3 is 0 Å². The van der Waals surface area contributed by atoms with Crippen LogP contribution < -0.4 is 0 Å². The summed E-state index contributed by atoms with van der Waals surface area (Å²) < 4.78 is 50.4. The van der Waals surface area contributed by atoms with Crippen molar-refractivity contribution in [3.05, 3.63) is 59.9 Å². The number of rotatable bonds is 5. The average molecular weight is 363 g/mol. The largest absolute Gasteiger partial charge is 0.265 e. The van der Waals surface area contributed by atoms with E-state index in [0.717, 1.165) is 28.5 Å². The zero-order valence-corrected chi connectivity index (χ0v) is 14.7.